The van der Waals surface area contributed by atoms with Gasteiger partial charge in [0.1, 0.15) is 0 Å². The average molecular weight is 435 g/mol. The number of fused-ring (bicyclic) bond motifs is 1. The molecule has 0 radical (unpaired) electrons. The van der Waals surface area contributed by atoms with E-state index in [1.54, 1.807) is 18.2 Å². The maximum absolute atomic E-state index is 12.4. The van der Waals surface area contributed by atoms with Gasteiger partial charge in [-0.25, -0.2) is 0 Å². The summed E-state index contributed by atoms with van der Waals surface area (Å²) in [5.74, 6) is 1.20. The second kappa shape index (κ2) is 9.58. The van der Waals surface area contributed by atoms with Crippen LogP contribution in [0, 0.1) is 5.92 Å². The molecule has 2 aromatic rings. The molecule has 0 aliphatic carbocycles. The average Bonchev–Trinajstić information content (AvgIpc) is 3.21. The van der Waals surface area contributed by atoms with Crippen molar-refractivity contribution < 1.29 is 28.5 Å². The number of benzene rings is 2. The van der Waals surface area contributed by atoms with Gasteiger partial charge in [0.25, 0.3) is 11.8 Å². The van der Waals surface area contributed by atoms with Crippen molar-refractivity contribution in [3.8, 4) is 23.0 Å². The molecule has 2 N–H and O–H groups in total. The maximum Gasteiger partial charge on any atom is 0.269 e. The van der Waals surface area contributed by atoms with E-state index < -0.39 is 11.8 Å². The largest absolute Gasteiger partial charge is 0.493 e. The molecule has 0 bridgehead atoms. The Morgan fingerprint density at radius 2 is 1.80 bits per heavy atom. The predicted octanol–water partition coefficient (Wildman–Crippen LogP) is 3.58. The molecule has 160 valence electrons. The fourth-order valence-corrected chi connectivity index (χ4v) is 2.95. The van der Waals surface area contributed by atoms with Gasteiger partial charge in [0.05, 0.1) is 18.7 Å². The van der Waals surface area contributed by atoms with Crippen molar-refractivity contribution in [2.45, 2.75) is 20.3 Å². The van der Waals surface area contributed by atoms with Crippen LogP contribution in [0.15, 0.2) is 30.3 Å². The van der Waals surface area contributed by atoms with Crippen LogP contribution in [0.2, 0.25) is 5.02 Å². The summed E-state index contributed by atoms with van der Waals surface area (Å²) in [5, 5.41) is 0.249. The Bertz CT molecular complexity index is 947. The summed E-state index contributed by atoms with van der Waals surface area (Å²) in [5.41, 5.74) is 5.23. The van der Waals surface area contributed by atoms with E-state index in [4.69, 9.17) is 30.5 Å². The highest BCUT2D eigenvalue weighted by atomic mass is 35.5. The van der Waals surface area contributed by atoms with Crippen LogP contribution in [0.4, 0.5) is 0 Å². The molecule has 1 aliphatic rings. The molecular formula is C21H23ClN2O6. The van der Waals surface area contributed by atoms with E-state index >= 15 is 0 Å². The third kappa shape index (κ3) is 5.07. The number of nitrogens with one attached hydrogen (secondary N) is 2. The van der Waals surface area contributed by atoms with Gasteiger partial charge < -0.3 is 18.9 Å². The van der Waals surface area contributed by atoms with Gasteiger partial charge in [0, 0.05) is 11.1 Å². The maximum atomic E-state index is 12.4. The first kappa shape index (κ1) is 21.6. The minimum Gasteiger partial charge on any atom is -0.493 e. The molecule has 1 heterocycles. The van der Waals surface area contributed by atoms with Crippen LogP contribution < -0.4 is 29.8 Å². The zero-order valence-corrected chi connectivity index (χ0v) is 17.7. The van der Waals surface area contributed by atoms with Crippen molar-refractivity contribution in [1.29, 1.82) is 0 Å². The molecule has 0 spiro atoms. The number of amides is 2. The number of hydrazine groups is 1. The molecular weight excluding hydrogens is 412 g/mol. The minimum absolute atomic E-state index is 0.0376. The van der Waals surface area contributed by atoms with Crippen molar-refractivity contribution in [3.63, 3.8) is 0 Å². The topological polar surface area (TPSA) is 95.1 Å². The Kier molecular flexibility index (Phi) is 6.89. The van der Waals surface area contributed by atoms with E-state index in [9.17, 15) is 9.59 Å². The number of carbonyl (C=O) groups is 2. The SMILES string of the molecule is COc1cc(C(=O)NNC(=O)c2cc(Cl)c3c(c2)OCO3)ccc1OCCC(C)C. The van der Waals surface area contributed by atoms with Crippen molar-refractivity contribution >= 4 is 23.4 Å². The first-order valence-corrected chi connectivity index (χ1v) is 9.77. The summed E-state index contributed by atoms with van der Waals surface area (Å²) in [7, 11) is 1.50. The molecule has 30 heavy (non-hydrogen) atoms. The highest BCUT2D eigenvalue weighted by Gasteiger charge is 2.21. The van der Waals surface area contributed by atoms with E-state index in [0.29, 0.717) is 41.1 Å². The fraction of sp³-hybridized carbons (Fsp3) is 0.333. The lowest BCUT2D eigenvalue weighted by molar-refractivity contribution is 0.0846. The fourth-order valence-electron chi connectivity index (χ4n) is 2.69. The summed E-state index contributed by atoms with van der Waals surface area (Å²) in [6.07, 6.45) is 0.904. The molecule has 0 fully saturated rings. The van der Waals surface area contributed by atoms with Crippen LogP contribution >= 0.6 is 11.6 Å². The number of rotatable bonds is 7. The molecule has 0 aromatic heterocycles. The quantitative estimate of drug-likeness (QED) is 0.647. The minimum atomic E-state index is -0.552. The molecule has 2 amide bonds. The molecule has 2 aromatic carbocycles. The van der Waals surface area contributed by atoms with Gasteiger partial charge >= 0.3 is 0 Å². The van der Waals surface area contributed by atoms with E-state index in [2.05, 4.69) is 24.7 Å². The van der Waals surface area contributed by atoms with Gasteiger partial charge in [-0.1, -0.05) is 25.4 Å². The standard InChI is InChI=1S/C21H23ClN2O6/c1-12(2)6-7-28-16-5-4-13(9-17(16)27-3)20(25)23-24-21(26)14-8-15(22)19-18(10-14)29-11-30-19/h4-5,8-10,12H,6-7,11H2,1-3H3,(H,23,25)(H,24,26). The summed E-state index contributed by atoms with van der Waals surface area (Å²) < 4.78 is 21.5. The second-order valence-corrected chi connectivity index (χ2v) is 7.40. The van der Waals surface area contributed by atoms with Gasteiger partial charge in [-0.3, -0.25) is 20.4 Å². The van der Waals surface area contributed by atoms with Crippen LogP contribution in [0.25, 0.3) is 0 Å². The Balaban J connectivity index is 1.62. The van der Waals surface area contributed by atoms with Gasteiger partial charge in [0.2, 0.25) is 6.79 Å². The first-order chi connectivity index (χ1) is 14.4. The van der Waals surface area contributed by atoms with Crippen molar-refractivity contribution in [2.75, 3.05) is 20.5 Å². The number of methoxy groups -OCH3 is 1. The van der Waals surface area contributed by atoms with E-state index in [1.807, 2.05) is 0 Å². The molecule has 0 saturated carbocycles. The lowest BCUT2D eigenvalue weighted by atomic mass is 10.1. The van der Waals surface area contributed by atoms with E-state index in [0.717, 1.165) is 6.42 Å². The molecule has 3 rings (SSSR count). The smallest absolute Gasteiger partial charge is 0.269 e. The molecule has 1 aliphatic heterocycles. The highest BCUT2D eigenvalue weighted by molar-refractivity contribution is 6.32. The van der Waals surface area contributed by atoms with Crippen molar-refractivity contribution in [1.82, 2.24) is 10.9 Å². The third-order valence-corrected chi connectivity index (χ3v) is 4.64. The molecule has 0 atom stereocenters. The monoisotopic (exact) mass is 434 g/mol. The zero-order valence-electron chi connectivity index (χ0n) is 16.9. The summed E-state index contributed by atoms with van der Waals surface area (Å²) in [4.78, 5) is 24.8. The first-order valence-electron chi connectivity index (χ1n) is 9.39. The van der Waals surface area contributed by atoms with E-state index in [-0.39, 0.29) is 17.4 Å². The van der Waals surface area contributed by atoms with Crippen molar-refractivity contribution in [3.05, 3.63) is 46.5 Å². The highest BCUT2D eigenvalue weighted by Crippen LogP contribution is 2.39. The summed E-state index contributed by atoms with van der Waals surface area (Å²) in [6.45, 7) is 4.81. The lowest BCUT2D eigenvalue weighted by Crippen LogP contribution is -2.41. The summed E-state index contributed by atoms with van der Waals surface area (Å²) in [6, 6.07) is 7.72. The van der Waals surface area contributed by atoms with Gasteiger partial charge in [-0.05, 0) is 42.7 Å². The molecule has 0 unspecified atom stereocenters. The number of hydrogen-bond acceptors (Lipinski definition) is 6. The van der Waals surface area contributed by atoms with Crippen LogP contribution in [0.1, 0.15) is 41.0 Å². The molecule has 9 heteroatoms. The normalized spacial score (nSPS) is 11.9. The number of halogens is 1. The Hall–Kier alpha value is -3.13. The third-order valence-electron chi connectivity index (χ3n) is 4.36. The molecule has 8 nitrogen and oxygen atoms in total. The lowest BCUT2D eigenvalue weighted by Gasteiger charge is -2.13. The predicted molar refractivity (Wildman–Crippen MR) is 110 cm³/mol. The number of hydrogen-bond donors (Lipinski definition) is 2. The summed E-state index contributed by atoms with van der Waals surface area (Å²) >= 11 is 6.08. The van der Waals surface area contributed by atoms with Gasteiger partial charge in [0.15, 0.2) is 23.0 Å². The van der Waals surface area contributed by atoms with Crippen LogP contribution in [-0.2, 0) is 0 Å². The van der Waals surface area contributed by atoms with E-state index in [1.165, 1.54) is 19.2 Å². The zero-order chi connectivity index (χ0) is 21.7. The van der Waals surface area contributed by atoms with Gasteiger partial charge in [-0.2, -0.15) is 0 Å². The van der Waals surface area contributed by atoms with Crippen LogP contribution in [0.3, 0.4) is 0 Å². The van der Waals surface area contributed by atoms with Crippen LogP contribution in [0.5, 0.6) is 23.0 Å². The van der Waals surface area contributed by atoms with Gasteiger partial charge in [-0.15, -0.1) is 0 Å². The second-order valence-electron chi connectivity index (χ2n) is 7.00. The van der Waals surface area contributed by atoms with Crippen molar-refractivity contribution in [2.24, 2.45) is 5.92 Å². The Morgan fingerprint density at radius 3 is 2.50 bits per heavy atom. The Morgan fingerprint density at radius 1 is 1.07 bits per heavy atom. The Labute approximate surface area is 179 Å². The number of ether oxygens (including phenoxy) is 4. The van der Waals surface area contributed by atoms with Crippen LogP contribution in [-0.4, -0.2) is 32.3 Å². The molecule has 0 saturated heterocycles. The number of carbonyl (C=O) groups excluding carboxylic acids is 2.